The molecule has 0 amide bonds. The highest BCUT2D eigenvalue weighted by atomic mass is 15.2. The fourth-order valence-corrected chi connectivity index (χ4v) is 8.49. The first-order valence-corrected chi connectivity index (χ1v) is 19.6. The summed E-state index contributed by atoms with van der Waals surface area (Å²) in [6.45, 7) is 2.26. The van der Waals surface area contributed by atoms with Crippen LogP contribution < -0.4 is 5.73 Å². The Morgan fingerprint density at radius 2 is 1.02 bits per heavy atom. The smallest absolute Gasteiger partial charge is 0.235 e. The van der Waals surface area contributed by atoms with Crippen molar-refractivity contribution in [3.05, 3.63) is 205 Å². The largest absolute Gasteiger partial charge is 0.324 e. The Morgan fingerprint density at radius 1 is 0.526 bits per heavy atom. The summed E-state index contributed by atoms with van der Waals surface area (Å²) >= 11 is 0. The van der Waals surface area contributed by atoms with E-state index in [4.69, 9.17) is 15.7 Å². The molecule has 0 aliphatic heterocycles. The molecule has 0 fully saturated rings. The molecule has 0 aliphatic carbocycles. The van der Waals surface area contributed by atoms with Gasteiger partial charge in [0.1, 0.15) is 0 Å². The molecule has 10 aromatic rings. The first-order valence-electron chi connectivity index (χ1n) is 19.6. The van der Waals surface area contributed by atoms with Crippen molar-refractivity contribution in [1.82, 2.24) is 19.1 Å². The SMILES string of the molecule is CC(/C=C(\CC(N)n1c2ccccc2c2cc3c(cc21)c1ccccc1n3-c1nc(-c2ccccc2)cc(-c2ccccc2)n1)c1ccccc1)c1ccccc1. The highest BCUT2D eigenvalue weighted by Gasteiger charge is 2.23. The average molecular weight is 736 g/mol. The molecule has 3 aromatic heterocycles. The van der Waals surface area contributed by atoms with Gasteiger partial charge in [-0.15, -0.1) is 0 Å². The fraction of sp³-hybridized carbons (Fsp3) is 0.0769. The number of hydrogen-bond donors (Lipinski definition) is 1. The van der Waals surface area contributed by atoms with Gasteiger partial charge in [0.25, 0.3) is 0 Å². The summed E-state index contributed by atoms with van der Waals surface area (Å²) in [6, 6.07) is 66.0. The Hall–Kier alpha value is -7.08. The summed E-state index contributed by atoms with van der Waals surface area (Å²) in [4.78, 5) is 10.5. The minimum atomic E-state index is -0.327. The second-order valence-electron chi connectivity index (χ2n) is 14.8. The summed E-state index contributed by atoms with van der Waals surface area (Å²) in [5.74, 6) is 0.855. The maximum Gasteiger partial charge on any atom is 0.235 e. The molecule has 57 heavy (non-hydrogen) atoms. The monoisotopic (exact) mass is 735 g/mol. The molecule has 7 aromatic carbocycles. The van der Waals surface area contributed by atoms with Crippen LogP contribution in [0.4, 0.5) is 0 Å². The van der Waals surface area contributed by atoms with E-state index >= 15 is 0 Å². The van der Waals surface area contributed by atoms with Gasteiger partial charge >= 0.3 is 0 Å². The second kappa shape index (κ2) is 14.5. The predicted molar refractivity (Wildman–Crippen MR) is 237 cm³/mol. The zero-order chi connectivity index (χ0) is 38.3. The van der Waals surface area contributed by atoms with E-state index in [1.165, 1.54) is 16.7 Å². The van der Waals surface area contributed by atoms with Crippen LogP contribution in [-0.2, 0) is 0 Å². The van der Waals surface area contributed by atoms with Gasteiger partial charge in [-0.1, -0.05) is 171 Å². The lowest BCUT2D eigenvalue weighted by Gasteiger charge is -2.21. The first kappa shape index (κ1) is 34.4. The number of aromatic nitrogens is 4. The van der Waals surface area contributed by atoms with Crippen molar-refractivity contribution >= 4 is 49.2 Å². The van der Waals surface area contributed by atoms with Crippen molar-refractivity contribution < 1.29 is 0 Å². The van der Waals surface area contributed by atoms with Gasteiger partial charge < -0.3 is 10.3 Å². The summed E-state index contributed by atoms with van der Waals surface area (Å²) in [6.07, 6.45) is 2.72. The Labute approximate surface area is 332 Å². The van der Waals surface area contributed by atoms with Crippen molar-refractivity contribution in [3.63, 3.8) is 0 Å². The van der Waals surface area contributed by atoms with Crippen molar-refractivity contribution in [3.8, 4) is 28.5 Å². The van der Waals surface area contributed by atoms with Gasteiger partial charge in [-0.2, -0.15) is 0 Å². The molecule has 0 saturated heterocycles. The highest BCUT2D eigenvalue weighted by Crippen LogP contribution is 2.40. The Morgan fingerprint density at radius 3 is 1.65 bits per heavy atom. The summed E-state index contributed by atoms with van der Waals surface area (Å²) in [5, 5.41) is 4.56. The molecular weight excluding hydrogens is 695 g/mol. The predicted octanol–water partition coefficient (Wildman–Crippen LogP) is 12.8. The van der Waals surface area contributed by atoms with Crippen LogP contribution in [-0.4, -0.2) is 19.1 Å². The molecule has 0 bridgehead atoms. The maximum absolute atomic E-state index is 7.42. The number of nitrogens with zero attached hydrogens (tertiary/aromatic N) is 4. The van der Waals surface area contributed by atoms with Gasteiger partial charge in [-0.05, 0) is 52.9 Å². The number of hydrogen-bond acceptors (Lipinski definition) is 3. The molecule has 2 unspecified atom stereocenters. The van der Waals surface area contributed by atoms with E-state index in [-0.39, 0.29) is 12.1 Å². The van der Waals surface area contributed by atoms with Crippen LogP contribution in [0.5, 0.6) is 0 Å². The lowest BCUT2D eigenvalue weighted by atomic mass is 9.93. The van der Waals surface area contributed by atoms with Crippen molar-refractivity contribution in [1.29, 1.82) is 0 Å². The van der Waals surface area contributed by atoms with Crippen LogP contribution in [0.1, 0.15) is 36.6 Å². The lowest BCUT2D eigenvalue weighted by molar-refractivity contribution is 0.567. The molecule has 0 radical (unpaired) electrons. The minimum Gasteiger partial charge on any atom is -0.324 e. The molecule has 2 atom stereocenters. The van der Waals surface area contributed by atoms with Crippen LogP contribution in [0.25, 0.3) is 77.6 Å². The van der Waals surface area contributed by atoms with Gasteiger partial charge in [0.05, 0.1) is 39.6 Å². The van der Waals surface area contributed by atoms with E-state index in [1.54, 1.807) is 0 Å². The molecule has 0 spiro atoms. The highest BCUT2D eigenvalue weighted by molar-refractivity contribution is 6.18. The molecule has 2 N–H and O–H groups in total. The Kier molecular flexibility index (Phi) is 8.77. The van der Waals surface area contributed by atoms with Crippen molar-refractivity contribution in [2.45, 2.75) is 25.4 Å². The molecule has 0 aliphatic rings. The molecule has 0 saturated carbocycles. The number of benzene rings is 7. The number of fused-ring (bicyclic) bond motifs is 6. The van der Waals surface area contributed by atoms with Gasteiger partial charge in [0.2, 0.25) is 5.95 Å². The molecular formula is C52H41N5. The van der Waals surface area contributed by atoms with E-state index in [0.717, 1.165) is 66.1 Å². The number of allylic oxidation sites excluding steroid dienone is 1. The quantitative estimate of drug-likeness (QED) is 0.161. The van der Waals surface area contributed by atoms with Crippen molar-refractivity contribution in [2.75, 3.05) is 0 Å². The van der Waals surface area contributed by atoms with Gasteiger partial charge in [0.15, 0.2) is 0 Å². The van der Waals surface area contributed by atoms with Crippen LogP contribution >= 0.6 is 0 Å². The second-order valence-corrected chi connectivity index (χ2v) is 14.8. The molecule has 274 valence electrons. The zero-order valence-corrected chi connectivity index (χ0v) is 31.7. The summed E-state index contributed by atoms with van der Waals surface area (Å²) in [7, 11) is 0. The van der Waals surface area contributed by atoms with E-state index < -0.39 is 0 Å². The van der Waals surface area contributed by atoms with Gasteiger partial charge in [-0.25, -0.2) is 9.97 Å². The van der Waals surface area contributed by atoms with E-state index in [1.807, 2.05) is 12.1 Å². The molecule has 10 rings (SSSR count). The molecule has 5 nitrogen and oxygen atoms in total. The topological polar surface area (TPSA) is 61.7 Å². The lowest BCUT2D eigenvalue weighted by Crippen LogP contribution is -2.19. The third-order valence-corrected chi connectivity index (χ3v) is 11.2. The zero-order valence-electron chi connectivity index (χ0n) is 31.7. The number of para-hydroxylation sites is 2. The van der Waals surface area contributed by atoms with E-state index in [0.29, 0.717) is 12.4 Å². The van der Waals surface area contributed by atoms with E-state index in [9.17, 15) is 0 Å². The maximum atomic E-state index is 7.42. The third-order valence-electron chi connectivity index (χ3n) is 11.2. The fourth-order valence-electron chi connectivity index (χ4n) is 8.49. The average Bonchev–Trinajstić information content (AvgIpc) is 3.78. The standard InChI is InChI=1S/C52H41N5/c1-35(36-18-6-2-7-19-36)30-40(37-20-8-3-9-21-37)31-51(53)56-47-28-16-14-26-41(47)43-33-50-44(32-49(43)56)42-27-15-17-29-48(42)57(50)52-54-45(38-22-10-4-11-23-38)34-46(55-52)39-24-12-5-13-25-39/h2-30,32-35,51H,31,53H2,1H3/b40-30+. The molecule has 3 heterocycles. The summed E-state index contributed by atoms with van der Waals surface area (Å²) < 4.78 is 4.58. The van der Waals surface area contributed by atoms with Crippen LogP contribution in [0.3, 0.4) is 0 Å². The van der Waals surface area contributed by atoms with Gasteiger partial charge in [-0.3, -0.25) is 4.57 Å². The van der Waals surface area contributed by atoms with E-state index in [2.05, 4.69) is 198 Å². The third kappa shape index (κ3) is 6.28. The number of rotatable bonds is 9. The first-order chi connectivity index (χ1) is 28.1. The number of nitrogens with two attached hydrogens (primary N) is 1. The van der Waals surface area contributed by atoms with Crippen LogP contribution in [0, 0.1) is 0 Å². The Balaban J connectivity index is 1.18. The van der Waals surface area contributed by atoms with Crippen molar-refractivity contribution in [2.24, 2.45) is 5.73 Å². The molecule has 5 heteroatoms. The van der Waals surface area contributed by atoms with Crippen LogP contribution in [0.15, 0.2) is 194 Å². The minimum absolute atomic E-state index is 0.225. The Bertz CT molecular complexity index is 3000. The van der Waals surface area contributed by atoms with Gasteiger partial charge in [0, 0.05) is 39.1 Å². The van der Waals surface area contributed by atoms with Crippen LogP contribution in [0.2, 0.25) is 0 Å². The normalized spacial score (nSPS) is 13.1. The summed E-state index contributed by atoms with van der Waals surface area (Å²) in [5.41, 5.74) is 19.3.